The summed E-state index contributed by atoms with van der Waals surface area (Å²) in [5, 5.41) is 0. The van der Waals surface area contributed by atoms with Crippen LogP contribution in [0.15, 0.2) is 24.5 Å². The van der Waals surface area contributed by atoms with E-state index in [0.29, 0.717) is 6.07 Å². The first-order chi connectivity index (χ1) is 11.0. The van der Waals surface area contributed by atoms with E-state index < -0.39 is 24.1 Å². The largest absolute Gasteiger partial charge is 0.415 e. The number of rotatable bonds is 3. The third kappa shape index (κ3) is 2.89. The topological polar surface area (TPSA) is 60.8 Å². The van der Waals surface area contributed by atoms with Crippen molar-refractivity contribution in [1.82, 2.24) is 19.9 Å². The summed E-state index contributed by atoms with van der Waals surface area (Å²) in [6.07, 6.45) is 1.13. The van der Waals surface area contributed by atoms with Crippen molar-refractivity contribution in [2.45, 2.75) is 13.5 Å². The highest BCUT2D eigenvalue weighted by molar-refractivity contribution is 5.87. The lowest BCUT2D eigenvalue weighted by Crippen LogP contribution is -2.07. The van der Waals surface area contributed by atoms with Crippen molar-refractivity contribution in [2.24, 2.45) is 0 Å². The van der Waals surface area contributed by atoms with Crippen LogP contribution in [0.2, 0.25) is 0 Å². The van der Waals surface area contributed by atoms with Gasteiger partial charge in [-0.05, 0) is 19.1 Å². The molecule has 0 saturated carbocycles. The Morgan fingerprint density at radius 1 is 1.09 bits per heavy atom. The van der Waals surface area contributed by atoms with E-state index in [-0.39, 0.29) is 28.1 Å². The van der Waals surface area contributed by atoms with Gasteiger partial charge in [-0.15, -0.1) is 0 Å². The van der Waals surface area contributed by atoms with Crippen LogP contribution in [0.3, 0.4) is 0 Å². The van der Waals surface area contributed by atoms with Gasteiger partial charge in [0.1, 0.15) is 34.9 Å². The van der Waals surface area contributed by atoms with E-state index in [0.717, 1.165) is 12.4 Å². The van der Waals surface area contributed by atoms with Gasteiger partial charge in [-0.1, -0.05) is 0 Å². The zero-order valence-electron chi connectivity index (χ0n) is 11.6. The quantitative estimate of drug-likeness (QED) is 0.692. The summed E-state index contributed by atoms with van der Waals surface area (Å²) < 4.78 is 56.1. The number of nitrogens with zero attached hydrogens (tertiary/aromatic N) is 4. The highest BCUT2D eigenvalue weighted by Crippen LogP contribution is 2.28. The van der Waals surface area contributed by atoms with Gasteiger partial charge in [-0.2, -0.15) is 8.78 Å². The van der Waals surface area contributed by atoms with Crippen LogP contribution in [0, 0.1) is 18.6 Å². The molecule has 0 unspecified atom stereocenters. The minimum Gasteiger partial charge on any atom is -0.415 e. The van der Waals surface area contributed by atoms with E-state index in [9.17, 15) is 17.6 Å². The average molecular weight is 324 g/mol. The van der Waals surface area contributed by atoms with E-state index in [1.807, 2.05) is 0 Å². The molecule has 0 radical (unpaired) electrons. The Morgan fingerprint density at radius 3 is 2.57 bits per heavy atom. The molecule has 0 aliphatic carbocycles. The first-order valence-corrected chi connectivity index (χ1v) is 6.35. The summed E-state index contributed by atoms with van der Waals surface area (Å²) in [6, 6.07) is 2.90. The van der Waals surface area contributed by atoms with Crippen molar-refractivity contribution in [2.75, 3.05) is 0 Å². The maximum Gasteiger partial charge on any atom is 0.388 e. The van der Waals surface area contributed by atoms with Gasteiger partial charge in [0.2, 0.25) is 5.88 Å². The molecule has 0 spiro atoms. The maximum atomic E-state index is 14.0. The molecule has 9 heteroatoms. The van der Waals surface area contributed by atoms with Crippen LogP contribution in [0.25, 0.3) is 22.4 Å². The zero-order valence-corrected chi connectivity index (χ0v) is 11.6. The van der Waals surface area contributed by atoms with Crippen molar-refractivity contribution >= 4 is 11.2 Å². The molecule has 2 heterocycles. The summed E-state index contributed by atoms with van der Waals surface area (Å²) in [7, 11) is 0. The van der Waals surface area contributed by atoms with Crippen LogP contribution >= 0.6 is 0 Å². The molecule has 5 nitrogen and oxygen atoms in total. The molecule has 0 amide bonds. The molecule has 0 N–H and O–H groups in total. The van der Waals surface area contributed by atoms with Gasteiger partial charge < -0.3 is 4.74 Å². The van der Waals surface area contributed by atoms with E-state index in [2.05, 4.69) is 24.7 Å². The van der Waals surface area contributed by atoms with Gasteiger partial charge in [0.05, 0.1) is 0 Å². The number of aryl methyl sites for hydroxylation is 1. The molecule has 3 aromatic rings. The Morgan fingerprint density at radius 2 is 1.87 bits per heavy atom. The summed E-state index contributed by atoms with van der Waals surface area (Å²) in [5.74, 6) is -2.04. The van der Waals surface area contributed by atoms with Crippen molar-refractivity contribution < 1.29 is 22.3 Å². The summed E-state index contributed by atoms with van der Waals surface area (Å²) >= 11 is 0. The summed E-state index contributed by atoms with van der Waals surface area (Å²) in [5.41, 5.74) is 0.0955. The average Bonchev–Trinajstić information content (AvgIpc) is 2.47. The van der Waals surface area contributed by atoms with Crippen molar-refractivity contribution in [3.8, 4) is 17.1 Å². The Bertz CT molecular complexity index is 888. The molecule has 2 aromatic heterocycles. The molecule has 3 rings (SSSR count). The van der Waals surface area contributed by atoms with Gasteiger partial charge in [-0.3, -0.25) is 0 Å². The first-order valence-electron chi connectivity index (χ1n) is 6.35. The second kappa shape index (κ2) is 5.75. The normalized spacial score (nSPS) is 11.2. The Kier molecular flexibility index (Phi) is 3.77. The SMILES string of the molecule is Cc1nc2ncnc(-c3ccc(F)cc3F)c2nc1OC(F)F. The molecular formula is C14H8F4N4O. The third-order valence-electron chi connectivity index (χ3n) is 2.99. The Labute approximate surface area is 127 Å². The summed E-state index contributed by atoms with van der Waals surface area (Å²) in [4.78, 5) is 15.7. The zero-order chi connectivity index (χ0) is 16.6. The molecule has 0 aliphatic heterocycles. The first kappa shape index (κ1) is 15.1. The summed E-state index contributed by atoms with van der Waals surface area (Å²) in [6.45, 7) is -1.67. The molecule has 0 bridgehead atoms. The van der Waals surface area contributed by atoms with Crippen LogP contribution in [0.4, 0.5) is 17.6 Å². The standard InChI is InChI=1S/C14H8F4N4O/c1-6-13(23-14(17)18)22-11-10(19-5-20-12(11)21-6)8-3-2-7(15)4-9(8)16/h2-5,14H,1H3. The smallest absolute Gasteiger partial charge is 0.388 e. The van der Waals surface area contributed by atoms with Gasteiger partial charge in [0, 0.05) is 11.6 Å². The van der Waals surface area contributed by atoms with Gasteiger partial charge in [0.15, 0.2) is 5.65 Å². The number of ether oxygens (including phenoxy) is 1. The number of fused-ring (bicyclic) bond motifs is 1. The lowest BCUT2D eigenvalue weighted by atomic mass is 10.1. The fraction of sp³-hybridized carbons (Fsp3) is 0.143. The molecule has 23 heavy (non-hydrogen) atoms. The Hall–Kier alpha value is -2.84. The molecule has 118 valence electrons. The molecule has 1 aromatic carbocycles. The fourth-order valence-corrected chi connectivity index (χ4v) is 2.02. The third-order valence-corrected chi connectivity index (χ3v) is 2.99. The second-order valence-electron chi connectivity index (χ2n) is 4.51. The lowest BCUT2D eigenvalue weighted by Gasteiger charge is -2.09. The van der Waals surface area contributed by atoms with Crippen LogP contribution in [0.1, 0.15) is 5.69 Å². The number of hydrogen-bond donors (Lipinski definition) is 0. The van der Waals surface area contributed by atoms with Crippen LogP contribution in [-0.4, -0.2) is 26.5 Å². The molecule has 0 aliphatic rings. The predicted molar refractivity (Wildman–Crippen MR) is 71.8 cm³/mol. The minimum absolute atomic E-state index is 0.000818. The van der Waals surface area contributed by atoms with Crippen LogP contribution in [0.5, 0.6) is 5.88 Å². The van der Waals surface area contributed by atoms with E-state index >= 15 is 0 Å². The Balaban J connectivity index is 2.24. The van der Waals surface area contributed by atoms with Crippen molar-refractivity contribution in [3.63, 3.8) is 0 Å². The molecule has 0 atom stereocenters. The molecule has 0 saturated heterocycles. The molecule has 0 fully saturated rings. The highest BCUT2D eigenvalue weighted by Gasteiger charge is 2.17. The fourth-order valence-electron chi connectivity index (χ4n) is 2.02. The predicted octanol–water partition coefficient (Wildman–Crippen LogP) is 3.27. The van der Waals surface area contributed by atoms with E-state index in [1.54, 1.807) is 0 Å². The number of benzene rings is 1. The monoisotopic (exact) mass is 324 g/mol. The van der Waals surface area contributed by atoms with Gasteiger partial charge in [0.25, 0.3) is 0 Å². The van der Waals surface area contributed by atoms with E-state index in [1.165, 1.54) is 13.0 Å². The number of aromatic nitrogens is 4. The van der Waals surface area contributed by atoms with Crippen molar-refractivity contribution in [3.05, 3.63) is 41.9 Å². The van der Waals surface area contributed by atoms with Crippen LogP contribution < -0.4 is 4.74 Å². The van der Waals surface area contributed by atoms with E-state index in [4.69, 9.17) is 0 Å². The minimum atomic E-state index is -3.09. The molecular weight excluding hydrogens is 316 g/mol. The number of alkyl halides is 2. The maximum absolute atomic E-state index is 14.0. The second-order valence-corrected chi connectivity index (χ2v) is 4.51. The van der Waals surface area contributed by atoms with Crippen molar-refractivity contribution in [1.29, 1.82) is 0 Å². The lowest BCUT2D eigenvalue weighted by molar-refractivity contribution is -0.0533. The van der Waals surface area contributed by atoms with Crippen LogP contribution in [-0.2, 0) is 0 Å². The number of halogens is 4. The van der Waals surface area contributed by atoms with Gasteiger partial charge >= 0.3 is 6.61 Å². The number of hydrogen-bond acceptors (Lipinski definition) is 5. The van der Waals surface area contributed by atoms with Gasteiger partial charge in [-0.25, -0.2) is 28.7 Å². The highest BCUT2D eigenvalue weighted by atomic mass is 19.3.